The molecular weight excluding hydrogens is 446 g/mol. The van der Waals surface area contributed by atoms with E-state index in [2.05, 4.69) is 16.1 Å². The molecule has 170 valence electrons. The van der Waals surface area contributed by atoms with E-state index in [-0.39, 0.29) is 11.5 Å². The zero-order valence-electron chi connectivity index (χ0n) is 18.5. The molecule has 0 aliphatic carbocycles. The molecule has 1 aliphatic heterocycles. The predicted octanol–water partition coefficient (Wildman–Crippen LogP) is 4.21. The maximum Gasteiger partial charge on any atom is 0.277 e. The molecular formula is C26H23N5O2S. The standard InChI is InChI=1S/C26H23N5O2S/c32-25(12-6-11-24-28-20-9-4-5-10-22(20)34-24)30-14-13-19-18(16-30)26(33)31-23(27-19)15-21(29-31)17-7-2-1-3-8-17/h1-5,7-10,15,29H,6,11-14,16H2. The molecule has 1 aliphatic rings. The molecule has 1 amide bonds. The van der Waals surface area contributed by atoms with Crippen molar-refractivity contribution in [3.05, 3.63) is 87.3 Å². The minimum absolute atomic E-state index is 0.0766. The second-order valence-electron chi connectivity index (χ2n) is 8.57. The van der Waals surface area contributed by atoms with Crippen LogP contribution < -0.4 is 5.56 Å². The maximum atomic E-state index is 13.2. The van der Waals surface area contributed by atoms with Gasteiger partial charge < -0.3 is 4.90 Å². The second kappa shape index (κ2) is 8.53. The monoisotopic (exact) mass is 469 g/mol. The van der Waals surface area contributed by atoms with E-state index in [4.69, 9.17) is 4.98 Å². The van der Waals surface area contributed by atoms with Crippen LogP contribution in [0.5, 0.6) is 0 Å². The Labute approximate surface area is 199 Å². The number of aryl methyl sites for hydroxylation is 1. The van der Waals surface area contributed by atoms with Crippen molar-refractivity contribution in [3.63, 3.8) is 0 Å². The highest BCUT2D eigenvalue weighted by Crippen LogP contribution is 2.24. The highest BCUT2D eigenvalue weighted by atomic mass is 32.1. The summed E-state index contributed by atoms with van der Waals surface area (Å²) in [4.78, 5) is 37.3. The van der Waals surface area contributed by atoms with Crippen LogP contribution >= 0.6 is 11.3 Å². The van der Waals surface area contributed by atoms with E-state index in [1.807, 2.05) is 54.6 Å². The number of carbonyl (C=O) groups is 1. The fraction of sp³-hybridized carbons (Fsp3) is 0.231. The second-order valence-corrected chi connectivity index (χ2v) is 9.68. The van der Waals surface area contributed by atoms with Gasteiger partial charge in [0.15, 0.2) is 5.65 Å². The van der Waals surface area contributed by atoms with Crippen molar-refractivity contribution >= 4 is 33.1 Å². The summed E-state index contributed by atoms with van der Waals surface area (Å²) in [5.41, 5.74) is 4.73. The van der Waals surface area contributed by atoms with E-state index in [1.165, 1.54) is 9.22 Å². The number of hydrogen-bond acceptors (Lipinski definition) is 5. The lowest BCUT2D eigenvalue weighted by atomic mass is 10.1. The van der Waals surface area contributed by atoms with Crippen molar-refractivity contribution < 1.29 is 4.79 Å². The third-order valence-corrected chi connectivity index (χ3v) is 7.41. The van der Waals surface area contributed by atoms with Gasteiger partial charge in [0.25, 0.3) is 5.56 Å². The topological polar surface area (TPSA) is 83.4 Å². The molecule has 34 heavy (non-hydrogen) atoms. The first-order valence-electron chi connectivity index (χ1n) is 11.5. The van der Waals surface area contributed by atoms with Crippen molar-refractivity contribution in [3.8, 4) is 11.3 Å². The summed E-state index contributed by atoms with van der Waals surface area (Å²) in [7, 11) is 0. The highest BCUT2D eigenvalue weighted by Gasteiger charge is 2.25. The molecule has 0 bridgehead atoms. The summed E-state index contributed by atoms with van der Waals surface area (Å²) in [6, 6.07) is 19.9. The summed E-state index contributed by atoms with van der Waals surface area (Å²) in [5, 5.41) is 4.23. The number of aromatic nitrogens is 4. The van der Waals surface area contributed by atoms with Crippen LogP contribution in [0.3, 0.4) is 0 Å². The first-order chi connectivity index (χ1) is 16.7. The van der Waals surface area contributed by atoms with E-state index >= 15 is 0 Å². The number of benzene rings is 2. The van der Waals surface area contributed by atoms with Gasteiger partial charge in [0.2, 0.25) is 5.91 Å². The first kappa shape index (κ1) is 20.8. The van der Waals surface area contributed by atoms with Gasteiger partial charge in [-0.05, 0) is 30.5 Å². The Morgan fingerprint density at radius 2 is 1.88 bits per heavy atom. The molecule has 0 unspecified atom stereocenters. The average Bonchev–Trinajstić information content (AvgIpc) is 3.48. The molecule has 4 heterocycles. The lowest BCUT2D eigenvalue weighted by molar-refractivity contribution is -0.132. The summed E-state index contributed by atoms with van der Waals surface area (Å²) in [6.45, 7) is 0.898. The molecule has 0 fully saturated rings. The van der Waals surface area contributed by atoms with Gasteiger partial charge in [-0.15, -0.1) is 11.3 Å². The van der Waals surface area contributed by atoms with Crippen LogP contribution in [0.15, 0.2) is 65.5 Å². The first-order valence-corrected chi connectivity index (χ1v) is 12.3. The van der Waals surface area contributed by atoms with Gasteiger partial charge >= 0.3 is 0 Å². The number of thiazole rings is 1. The number of nitrogens with zero attached hydrogens (tertiary/aromatic N) is 4. The minimum atomic E-state index is -0.130. The summed E-state index contributed by atoms with van der Waals surface area (Å²) in [6.07, 6.45) is 2.57. The number of rotatable bonds is 5. The molecule has 3 aromatic heterocycles. The zero-order chi connectivity index (χ0) is 23.1. The largest absolute Gasteiger partial charge is 0.338 e. The molecule has 0 atom stereocenters. The van der Waals surface area contributed by atoms with Gasteiger partial charge in [-0.3, -0.25) is 14.7 Å². The maximum absolute atomic E-state index is 13.2. The highest BCUT2D eigenvalue weighted by molar-refractivity contribution is 7.18. The molecule has 6 rings (SSSR count). The molecule has 0 radical (unpaired) electrons. The van der Waals surface area contributed by atoms with E-state index in [0.29, 0.717) is 37.1 Å². The number of fused-ring (bicyclic) bond motifs is 3. The van der Waals surface area contributed by atoms with Gasteiger partial charge in [0.05, 0.1) is 38.7 Å². The number of aromatic amines is 1. The van der Waals surface area contributed by atoms with E-state index in [1.54, 1.807) is 16.2 Å². The molecule has 0 saturated heterocycles. The van der Waals surface area contributed by atoms with Gasteiger partial charge in [-0.2, -0.15) is 0 Å². The van der Waals surface area contributed by atoms with Crippen LogP contribution in [0.4, 0.5) is 0 Å². The SMILES string of the molecule is O=C(CCCc1nc2ccccc2s1)N1CCc2nc3cc(-c4ccccc4)[nH]n3c(=O)c2C1. The van der Waals surface area contributed by atoms with Crippen molar-refractivity contribution in [1.82, 2.24) is 24.5 Å². The molecule has 2 aromatic carbocycles. The third kappa shape index (κ3) is 3.80. The minimum Gasteiger partial charge on any atom is -0.338 e. The fourth-order valence-corrected chi connectivity index (χ4v) is 5.54. The lowest BCUT2D eigenvalue weighted by Gasteiger charge is -2.27. The molecule has 5 aromatic rings. The molecule has 1 N–H and O–H groups in total. The average molecular weight is 470 g/mol. The quantitative estimate of drug-likeness (QED) is 0.418. The normalized spacial score (nSPS) is 13.5. The Hall–Kier alpha value is -3.78. The fourth-order valence-electron chi connectivity index (χ4n) is 4.54. The smallest absolute Gasteiger partial charge is 0.277 e. The Morgan fingerprint density at radius 1 is 1.06 bits per heavy atom. The molecule has 0 spiro atoms. The van der Waals surface area contributed by atoms with Crippen LogP contribution in [-0.4, -0.2) is 36.9 Å². The van der Waals surface area contributed by atoms with Crippen molar-refractivity contribution in [2.24, 2.45) is 0 Å². The van der Waals surface area contributed by atoms with Crippen molar-refractivity contribution in [1.29, 1.82) is 0 Å². The number of carbonyl (C=O) groups excluding carboxylic acids is 1. The van der Waals surface area contributed by atoms with Crippen molar-refractivity contribution in [2.75, 3.05) is 6.54 Å². The molecule has 8 heteroatoms. The van der Waals surface area contributed by atoms with Crippen LogP contribution in [0.2, 0.25) is 0 Å². The Balaban J connectivity index is 1.16. The molecule has 0 saturated carbocycles. The molecule has 7 nitrogen and oxygen atoms in total. The zero-order valence-corrected chi connectivity index (χ0v) is 19.3. The van der Waals surface area contributed by atoms with Crippen LogP contribution in [0.25, 0.3) is 27.1 Å². The number of nitrogens with one attached hydrogen (secondary N) is 1. The van der Waals surface area contributed by atoms with E-state index < -0.39 is 0 Å². The van der Waals surface area contributed by atoms with Gasteiger partial charge in [-0.1, -0.05) is 42.5 Å². The van der Waals surface area contributed by atoms with E-state index in [0.717, 1.165) is 40.3 Å². The van der Waals surface area contributed by atoms with Crippen LogP contribution in [-0.2, 0) is 24.2 Å². The third-order valence-electron chi connectivity index (χ3n) is 6.32. The summed E-state index contributed by atoms with van der Waals surface area (Å²) < 4.78 is 2.66. The number of para-hydroxylation sites is 1. The number of amides is 1. The lowest BCUT2D eigenvalue weighted by Crippen LogP contribution is -2.40. The van der Waals surface area contributed by atoms with Crippen molar-refractivity contribution in [2.45, 2.75) is 32.2 Å². The summed E-state index contributed by atoms with van der Waals surface area (Å²) in [5.74, 6) is 0.0766. The Morgan fingerprint density at radius 3 is 2.74 bits per heavy atom. The van der Waals surface area contributed by atoms with E-state index in [9.17, 15) is 9.59 Å². The van der Waals surface area contributed by atoms with Gasteiger partial charge in [-0.25, -0.2) is 14.5 Å². The Kier molecular flexibility index (Phi) is 5.22. The summed E-state index contributed by atoms with van der Waals surface area (Å²) >= 11 is 1.69. The van der Waals surface area contributed by atoms with Crippen LogP contribution in [0, 0.1) is 0 Å². The van der Waals surface area contributed by atoms with Crippen LogP contribution in [0.1, 0.15) is 29.1 Å². The number of hydrogen-bond donors (Lipinski definition) is 1. The van der Waals surface area contributed by atoms with Gasteiger partial charge in [0, 0.05) is 25.5 Å². The van der Waals surface area contributed by atoms with Gasteiger partial charge in [0.1, 0.15) is 0 Å². The predicted molar refractivity (Wildman–Crippen MR) is 133 cm³/mol. The number of H-pyrrole nitrogens is 1. The Bertz CT molecular complexity index is 1530.